The Labute approximate surface area is 50.1 Å². The van der Waals surface area contributed by atoms with Gasteiger partial charge in [-0.15, -0.1) is 0 Å². The quantitative estimate of drug-likeness (QED) is 0.457. The second-order valence-electron chi connectivity index (χ2n) is 1.97. The molecule has 1 heteroatoms. The van der Waals surface area contributed by atoms with Crippen molar-refractivity contribution in [2.45, 2.75) is 26.2 Å². The maximum atomic E-state index is 4.16. The molecule has 0 bridgehead atoms. The Kier molecular flexibility index (Phi) is 1.84. The summed E-state index contributed by atoms with van der Waals surface area (Å²) in [5, 5.41) is 0. The molecule has 0 aliphatic heterocycles. The molecule has 1 nitrogen and oxygen atoms in total. The molecular formula is C7H11N. The minimum absolute atomic E-state index is 1.18. The van der Waals surface area contributed by atoms with E-state index in [2.05, 4.69) is 11.1 Å². The summed E-state index contributed by atoms with van der Waals surface area (Å²) in [4.78, 5) is 4.16. The monoisotopic (exact) mass is 109 g/mol. The predicted molar refractivity (Wildman–Crippen MR) is 36.1 cm³/mol. The van der Waals surface area contributed by atoms with Gasteiger partial charge in [0.2, 0.25) is 0 Å². The predicted octanol–water partition coefficient (Wildman–Crippen LogP) is 2.14. The van der Waals surface area contributed by atoms with E-state index in [9.17, 15) is 0 Å². The van der Waals surface area contributed by atoms with E-state index < -0.39 is 0 Å². The lowest BCUT2D eigenvalue weighted by atomic mass is 10.3. The van der Waals surface area contributed by atoms with E-state index in [1.807, 2.05) is 13.1 Å². The van der Waals surface area contributed by atoms with Gasteiger partial charge in [-0.05, 0) is 26.2 Å². The summed E-state index contributed by atoms with van der Waals surface area (Å²) in [5.74, 6) is 0. The molecule has 0 saturated heterocycles. The molecule has 0 aromatic heterocycles. The van der Waals surface area contributed by atoms with Crippen molar-refractivity contribution in [1.82, 2.24) is 0 Å². The number of hydrogen-bond acceptors (Lipinski definition) is 1. The molecule has 0 saturated carbocycles. The van der Waals surface area contributed by atoms with Gasteiger partial charge in [0.25, 0.3) is 0 Å². The number of hydrogen-bond donors (Lipinski definition) is 0. The van der Waals surface area contributed by atoms with Crippen LogP contribution in [0.1, 0.15) is 26.2 Å². The van der Waals surface area contributed by atoms with Gasteiger partial charge >= 0.3 is 0 Å². The van der Waals surface area contributed by atoms with E-state index >= 15 is 0 Å². The highest BCUT2D eigenvalue weighted by atomic mass is 14.7. The normalized spacial score (nSPS) is 19.9. The molecular weight excluding hydrogens is 98.1 g/mol. The van der Waals surface area contributed by atoms with Crippen molar-refractivity contribution in [2.24, 2.45) is 4.99 Å². The molecule has 0 aromatic carbocycles. The van der Waals surface area contributed by atoms with Crippen molar-refractivity contribution >= 4 is 6.21 Å². The Morgan fingerprint density at radius 3 is 3.12 bits per heavy atom. The van der Waals surface area contributed by atoms with Gasteiger partial charge in [-0.2, -0.15) is 0 Å². The zero-order valence-electron chi connectivity index (χ0n) is 5.22. The molecule has 0 amide bonds. The summed E-state index contributed by atoms with van der Waals surface area (Å²) in [5.41, 5.74) is 1.27. The Morgan fingerprint density at radius 2 is 2.62 bits per heavy atom. The van der Waals surface area contributed by atoms with Crippen LogP contribution in [0.4, 0.5) is 0 Å². The molecule has 0 fully saturated rings. The smallest absolute Gasteiger partial charge is 0.0359 e. The van der Waals surface area contributed by atoms with Crippen molar-refractivity contribution in [3.63, 3.8) is 0 Å². The lowest BCUT2D eigenvalue weighted by Crippen LogP contribution is -1.68. The molecule has 0 heterocycles. The average Bonchev–Trinajstić information content (AvgIpc) is 2.19. The molecule has 0 spiro atoms. The first-order valence-corrected chi connectivity index (χ1v) is 3.11. The summed E-state index contributed by atoms with van der Waals surface area (Å²) in [6, 6.07) is 0. The minimum atomic E-state index is 1.18. The fraction of sp³-hybridized carbons (Fsp3) is 0.571. The van der Waals surface area contributed by atoms with Gasteiger partial charge in [-0.3, -0.25) is 4.99 Å². The van der Waals surface area contributed by atoms with Gasteiger partial charge in [-0.1, -0.05) is 6.08 Å². The van der Waals surface area contributed by atoms with E-state index in [0.29, 0.717) is 0 Å². The van der Waals surface area contributed by atoms with Crippen molar-refractivity contribution < 1.29 is 0 Å². The second kappa shape index (κ2) is 2.65. The van der Waals surface area contributed by atoms with Crippen LogP contribution in [0.2, 0.25) is 0 Å². The molecule has 0 aromatic rings. The molecule has 8 heavy (non-hydrogen) atoms. The van der Waals surface area contributed by atoms with Crippen LogP contribution in [0, 0.1) is 0 Å². The summed E-state index contributed by atoms with van der Waals surface area (Å²) < 4.78 is 0. The largest absolute Gasteiger partial charge is 0.266 e. The number of rotatable bonds is 1. The highest BCUT2D eigenvalue weighted by Crippen LogP contribution is 2.17. The van der Waals surface area contributed by atoms with Crippen LogP contribution in [0.3, 0.4) is 0 Å². The Morgan fingerprint density at radius 1 is 1.75 bits per heavy atom. The van der Waals surface area contributed by atoms with E-state index in [-0.39, 0.29) is 0 Å². The summed E-state index contributed by atoms with van der Waals surface area (Å²) in [7, 11) is 0. The molecule has 0 atom stereocenters. The van der Waals surface area contributed by atoms with Crippen molar-refractivity contribution in [2.75, 3.05) is 0 Å². The summed E-state index contributed by atoms with van der Waals surface area (Å²) in [6.07, 6.45) is 7.78. The first-order valence-electron chi connectivity index (χ1n) is 3.11. The zero-order valence-corrected chi connectivity index (χ0v) is 5.22. The molecule has 1 rings (SSSR count). The third kappa shape index (κ3) is 1.19. The fourth-order valence-electron chi connectivity index (χ4n) is 0.937. The maximum absolute atomic E-state index is 4.16. The van der Waals surface area contributed by atoms with E-state index in [1.165, 1.54) is 25.0 Å². The van der Waals surface area contributed by atoms with Crippen LogP contribution in [-0.4, -0.2) is 6.21 Å². The van der Waals surface area contributed by atoms with Crippen LogP contribution in [0.5, 0.6) is 0 Å². The average molecular weight is 109 g/mol. The zero-order chi connectivity index (χ0) is 5.82. The number of nitrogens with zero attached hydrogens (tertiary/aromatic N) is 1. The second-order valence-corrected chi connectivity index (χ2v) is 1.97. The Balaban J connectivity index is 2.45. The van der Waals surface area contributed by atoms with Crippen molar-refractivity contribution in [1.29, 1.82) is 0 Å². The van der Waals surface area contributed by atoms with E-state index in [0.717, 1.165) is 0 Å². The third-order valence-corrected chi connectivity index (χ3v) is 1.31. The topological polar surface area (TPSA) is 12.4 Å². The van der Waals surface area contributed by atoms with Crippen molar-refractivity contribution in [3.8, 4) is 0 Å². The van der Waals surface area contributed by atoms with Gasteiger partial charge in [0, 0.05) is 11.9 Å². The molecule has 44 valence electrons. The van der Waals surface area contributed by atoms with Crippen LogP contribution < -0.4 is 0 Å². The Bertz CT molecular complexity index is 122. The van der Waals surface area contributed by atoms with Crippen LogP contribution in [0.25, 0.3) is 0 Å². The van der Waals surface area contributed by atoms with Gasteiger partial charge in [-0.25, -0.2) is 0 Å². The molecule has 1 aliphatic carbocycles. The first kappa shape index (κ1) is 5.54. The van der Waals surface area contributed by atoms with Gasteiger partial charge < -0.3 is 0 Å². The third-order valence-electron chi connectivity index (χ3n) is 1.31. The standard InChI is InChI=1S/C7H11N/c1-2-8-7-5-3-4-6-7/h2,5H,3-4,6H2,1H3/b8-2-. The van der Waals surface area contributed by atoms with Crippen molar-refractivity contribution in [3.05, 3.63) is 11.8 Å². The number of aliphatic imine (C=N–C) groups is 1. The lowest BCUT2D eigenvalue weighted by Gasteiger charge is -1.85. The SMILES string of the molecule is C/C=N\C1=CCCC1. The molecule has 0 N–H and O–H groups in total. The lowest BCUT2D eigenvalue weighted by molar-refractivity contribution is 0.901. The summed E-state index contributed by atoms with van der Waals surface area (Å²) in [6.45, 7) is 1.96. The van der Waals surface area contributed by atoms with Gasteiger partial charge in [0.15, 0.2) is 0 Å². The first-order chi connectivity index (χ1) is 3.93. The molecule has 0 unspecified atom stereocenters. The van der Waals surface area contributed by atoms with Gasteiger partial charge in [0.05, 0.1) is 0 Å². The van der Waals surface area contributed by atoms with Crippen LogP contribution in [0.15, 0.2) is 16.8 Å². The van der Waals surface area contributed by atoms with Crippen LogP contribution in [-0.2, 0) is 0 Å². The number of allylic oxidation sites excluding steroid dienone is 2. The maximum Gasteiger partial charge on any atom is 0.0359 e. The van der Waals surface area contributed by atoms with Crippen LogP contribution >= 0.6 is 0 Å². The summed E-state index contributed by atoms with van der Waals surface area (Å²) >= 11 is 0. The van der Waals surface area contributed by atoms with E-state index in [1.54, 1.807) is 0 Å². The Hall–Kier alpha value is -0.590. The highest BCUT2D eigenvalue weighted by Gasteiger charge is 1.99. The molecule has 1 aliphatic rings. The van der Waals surface area contributed by atoms with E-state index in [4.69, 9.17) is 0 Å². The molecule has 0 radical (unpaired) electrons. The highest BCUT2D eigenvalue weighted by molar-refractivity contribution is 5.55. The van der Waals surface area contributed by atoms with Gasteiger partial charge in [0.1, 0.15) is 0 Å². The minimum Gasteiger partial charge on any atom is -0.266 e. The fourth-order valence-corrected chi connectivity index (χ4v) is 0.937.